The summed E-state index contributed by atoms with van der Waals surface area (Å²) in [5, 5.41) is 2.96. The smallest absolute Gasteiger partial charge is 0.223 e. The van der Waals surface area contributed by atoms with Gasteiger partial charge in [0.15, 0.2) is 0 Å². The molecule has 1 aromatic heterocycles. The van der Waals surface area contributed by atoms with E-state index in [0.29, 0.717) is 6.54 Å². The van der Waals surface area contributed by atoms with E-state index in [4.69, 9.17) is 9.72 Å². The lowest BCUT2D eigenvalue weighted by molar-refractivity contribution is -0.126. The van der Waals surface area contributed by atoms with E-state index in [1.165, 1.54) is 5.56 Å². The summed E-state index contributed by atoms with van der Waals surface area (Å²) in [6.45, 7) is 6.10. The molecule has 6 heteroatoms. The van der Waals surface area contributed by atoms with Crippen molar-refractivity contribution in [3.8, 4) is 5.75 Å². The average molecular weight is 407 g/mol. The number of para-hydroxylation sites is 2. The fourth-order valence-corrected chi connectivity index (χ4v) is 4.21. The Balaban J connectivity index is 1.51. The van der Waals surface area contributed by atoms with Gasteiger partial charge in [-0.1, -0.05) is 24.3 Å². The van der Waals surface area contributed by atoms with E-state index in [9.17, 15) is 4.79 Å². The second-order valence-corrected chi connectivity index (χ2v) is 7.90. The van der Waals surface area contributed by atoms with Crippen molar-refractivity contribution < 1.29 is 9.53 Å². The van der Waals surface area contributed by atoms with Gasteiger partial charge in [-0.25, -0.2) is 4.98 Å². The summed E-state index contributed by atoms with van der Waals surface area (Å²) in [7, 11) is 1.69. The topological polar surface area (TPSA) is 59.4 Å². The first-order chi connectivity index (χ1) is 14.7. The van der Waals surface area contributed by atoms with Crippen molar-refractivity contribution in [2.45, 2.75) is 32.9 Å². The van der Waals surface area contributed by atoms with Crippen LogP contribution in [0.3, 0.4) is 0 Å². The van der Waals surface area contributed by atoms with Gasteiger partial charge in [-0.05, 0) is 62.7 Å². The van der Waals surface area contributed by atoms with Crippen molar-refractivity contribution in [2.75, 3.05) is 26.7 Å². The van der Waals surface area contributed by atoms with Crippen LogP contribution in [-0.4, -0.2) is 47.1 Å². The number of carbonyl (C=O) groups is 1. The molecule has 2 heterocycles. The van der Waals surface area contributed by atoms with Crippen LogP contribution in [0.25, 0.3) is 11.0 Å². The molecule has 1 N–H and O–H groups in total. The molecule has 1 saturated heterocycles. The average Bonchev–Trinajstić information content (AvgIpc) is 3.12. The summed E-state index contributed by atoms with van der Waals surface area (Å²) in [5.41, 5.74) is 3.40. The Hall–Kier alpha value is -2.86. The number of fused-ring (bicyclic) bond motifs is 1. The fourth-order valence-electron chi connectivity index (χ4n) is 4.21. The van der Waals surface area contributed by atoms with Crippen LogP contribution in [0.5, 0.6) is 5.75 Å². The number of rotatable bonds is 7. The number of benzene rings is 2. The zero-order valence-electron chi connectivity index (χ0n) is 17.8. The van der Waals surface area contributed by atoms with Gasteiger partial charge in [-0.15, -0.1) is 0 Å². The number of methoxy groups -OCH3 is 1. The van der Waals surface area contributed by atoms with E-state index in [0.717, 1.165) is 61.6 Å². The molecular formula is C24H30N4O2. The van der Waals surface area contributed by atoms with Crippen LogP contribution < -0.4 is 10.1 Å². The third kappa shape index (κ3) is 4.49. The highest BCUT2D eigenvalue weighted by Crippen LogP contribution is 2.23. The van der Waals surface area contributed by atoms with Gasteiger partial charge in [-0.2, -0.15) is 0 Å². The lowest BCUT2D eigenvalue weighted by atomic mass is 9.96. The molecule has 0 atom stereocenters. The van der Waals surface area contributed by atoms with Crippen molar-refractivity contribution in [1.82, 2.24) is 19.8 Å². The summed E-state index contributed by atoms with van der Waals surface area (Å²) in [4.78, 5) is 19.5. The number of amides is 1. The molecular weight excluding hydrogens is 376 g/mol. The molecule has 6 nitrogen and oxygen atoms in total. The first kappa shape index (κ1) is 20.4. The summed E-state index contributed by atoms with van der Waals surface area (Å²) in [6, 6.07) is 16.5. The molecule has 1 fully saturated rings. The van der Waals surface area contributed by atoms with E-state index in [2.05, 4.69) is 45.1 Å². The molecule has 0 unspecified atom stereocenters. The minimum atomic E-state index is 0.138. The predicted molar refractivity (Wildman–Crippen MR) is 119 cm³/mol. The number of carbonyl (C=O) groups excluding carboxylic acids is 1. The second-order valence-electron chi connectivity index (χ2n) is 7.90. The number of piperidine rings is 1. The van der Waals surface area contributed by atoms with Gasteiger partial charge < -0.3 is 14.6 Å². The van der Waals surface area contributed by atoms with Gasteiger partial charge in [0.25, 0.3) is 0 Å². The summed E-state index contributed by atoms with van der Waals surface area (Å²) >= 11 is 0. The first-order valence-corrected chi connectivity index (χ1v) is 10.7. The largest absolute Gasteiger partial charge is 0.497 e. The molecule has 0 aliphatic carbocycles. The van der Waals surface area contributed by atoms with Crippen molar-refractivity contribution >= 4 is 16.9 Å². The van der Waals surface area contributed by atoms with Crippen molar-refractivity contribution in [3.63, 3.8) is 0 Å². The van der Waals surface area contributed by atoms with Gasteiger partial charge >= 0.3 is 0 Å². The predicted octanol–water partition coefficient (Wildman–Crippen LogP) is 3.44. The van der Waals surface area contributed by atoms with Gasteiger partial charge in [0.2, 0.25) is 5.91 Å². The van der Waals surface area contributed by atoms with E-state index in [-0.39, 0.29) is 11.8 Å². The fraction of sp³-hybridized carbons (Fsp3) is 0.417. The number of imidazole rings is 1. The molecule has 1 aliphatic heterocycles. The van der Waals surface area contributed by atoms with E-state index >= 15 is 0 Å². The van der Waals surface area contributed by atoms with Crippen molar-refractivity contribution in [1.29, 1.82) is 0 Å². The maximum absolute atomic E-state index is 12.1. The van der Waals surface area contributed by atoms with Gasteiger partial charge in [0.05, 0.1) is 24.7 Å². The second kappa shape index (κ2) is 9.30. The van der Waals surface area contributed by atoms with E-state index < -0.39 is 0 Å². The zero-order chi connectivity index (χ0) is 20.9. The van der Waals surface area contributed by atoms with E-state index in [1.807, 2.05) is 25.1 Å². The van der Waals surface area contributed by atoms with Gasteiger partial charge in [0, 0.05) is 19.0 Å². The molecule has 30 heavy (non-hydrogen) atoms. The highest BCUT2D eigenvalue weighted by Gasteiger charge is 2.25. The highest BCUT2D eigenvalue weighted by atomic mass is 16.5. The zero-order valence-corrected chi connectivity index (χ0v) is 17.8. The summed E-state index contributed by atoms with van der Waals surface area (Å²) in [5.74, 6) is 2.27. The summed E-state index contributed by atoms with van der Waals surface area (Å²) < 4.78 is 7.60. The number of ether oxygens (including phenoxy) is 1. The number of aromatic nitrogens is 2. The van der Waals surface area contributed by atoms with E-state index in [1.54, 1.807) is 7.11 Å². The van der Waals surface area contributed by atoms with Crippen LogP contribution in [0.15, 0.2) is 48.5 Å². The number of nitrogens with one attached hydrogen (secondary N) is 1. The number of nitrogens with zero attached hydrogens (tertiary/aromatic N) is 3. The standard InChI is InChI=1S/C24H30N4O2/c1-3-25-24(29)19-12-14-27(15-13-19)17-23-26-21-6-4-5-7-22(21)28(23)16-18-8-10-20(30-2)11-9-18/h4-11,19H,3,12-17H2,1-2H3,(H,25,29). The molecule has 158 valence electrons. The van der Waals surface area contributed by atoms with Crippen LogP contribution >= 0.6 is 0 Å². The normalized spacial score (nSPS) is 15.4. The monoisotopic (exact) mass is 406 g/mol. The molecule has 0 radical (unpaired) electrons. The Labute approximate surface area is 177 Å². The Morgan fingerprint density at radius 2 is 1.83 bits per heavy atom. The third-order valence-corrected chi connectivity index (χ3v) is 5.91. The minimum absolute atomic E-state index is 0.138. The SMILES string of the molecule is CCNC(=O)C1CCN(Cc2nc3ccccc3n2Cc2ccc(OC)cc2)CC1. The molecule has 1 aliphatic rings. The highest BCUT2D eigenvalue weighted by molar-refractivity contribution is 5.78. The third-order valence-electron chi connectivity index (χ3n) is 5.91. The van der Waals surface area contributed by atoms with Crippen molar-refractivity contribution in [2.24, 2.45) is 5.92 Å². The van der Waals surface area contributed by atoms with Crippen LogP contribution in [0.4, 0.5) is 0 Å². The minimum Gasteiger partial charge on any atom is -0.497 e. The molecule has 4 rings (SSSR count). The Kier molecular flexibility index (Phi) is 6.33. The number of hydrogen-bond acceptors (Lipinski definition) is 4. The summed E-state index contributed by atoms with van der Waals surface area (Å²) in [6.07, 6.45) is 1.81. The Morgan fingerprint density at radius 1 is 1.10 bits per heavy atom. The quantitative estimate of drug-likeness (QED) is 0.653. The van der Waals surface area contributed by atoms with Gasteiger partial charge in [0.1, 0.15) is 11.6 Å². The molecule has 0 spiro atoms. The maximum atomic E-state index is 12.1. The van der Waals surface area contributed by atoms with Crippen LogP contribution in [0.1, 0.15) is 31.2 Å². The van der Waals surface area contributed by atoms with Crippen LogP contribution in [0, 0.1) is 5.92 Å². The molecule has 3 aromatic rings. The van der Waals surface area contributed by atoms with Crippen molar-refractivity contribution in [3.05, 3.63) is 59.9 Å². The number of hydrogen-bond donors (Lipinski definition) is 1. The van der Waals surface area contributed by atoms with Gasteiger partial charge in [-0.3, -0.25) is 9.69 Å². The molecule has 0 bridgehead atoms. The molecule has 2 aromatic carbocycles. The Morgan fingerprint density at radius 3 is 2.53 bits per heavy atom. The Bertz CT molecular complexity index is 988. The maximum Gasteiger partial charge on any atom is 0.223 e. The first-order valence-electron chi connectivity index (χ1n) is 10.7. The molecule has 0 saturated carbocycles. The number of likely N-dealkylation sites (tertiary alicyclic amines) is 1. The molecule has 1 amide bonds. The lowest BCUT2D eigenvalue weighted by Crippen LogP contribution is -2.40. The van der Waals surface area contributed by atoms with Crippen LogP contribution in [-0.2, 0) is 17.9 Å². The lowest BCUT2D eigenvalue weighted by Gasteiger charge is -2.31. The van der Waals surface area contributed by atoms with Crippen LogP contribution in [0.2, 0.25) is 0 Å².